The third-order valence-corrected chi connectivity index (χ3v) is 3.19. The summed E-state index contributed by atoms with van der Waals surface area (Å²) in [4.78, 5) is 15.8. The lowest BCUT2D eigenvalue weighted by molar-refractivity contribution is -0.141. The molecule has 1 heterocycles. The smallest absolute Gasteiger partial charge is 0.392 e. The molecule has 0 spiro atoms. The van der Waals surface area contributed by atoms with E-state index in [0.29, 0.717) is 0 Å². The van der Waals surface area contributed by atoms with Crippen LogP contribution < -0.4 is 0 Å². The van der Waals surface area contributed by atoms with Crippen molar-refractivity contribution in [3.8, 4) is 0 Å². The van der Waals surface area contributed by atoms with Gasteiger partial charge >= 0.3 is 12.1 Å². The van der Waals surface area contributed by atoms with Crippen LogP contribution in [0.3, 0.4) is 0 Å². The first-order chi connectivity index (χ1) is 10.4. The summed E-state index contributed by atoms with van der Waals surface area (Å²) in [5.74, 6) is -0.815. The zero-order valence-corrected chi connectivity index (χ0v) is 11.9. The Hall–Kier alpha value is -2.31. The number of nitrogens with zero attached hydrogens (tertiary/aromatic N) is 2. The number of benzene rings is 1. The van der Waals surface area contributed by atoms with E-state index in [4.69, 9.17) is 0 Å². The second kappa shape index (κ2) is 6.64. The minimum atomic E-state index is -4.35. The van der Waals surface area contributed by atoms with Gasteiger partial charge in [0, 0.05) is 0 Å². The number of rotatable bonds is 5. The van der Waals surface area contributed by atoms with Crippen molar-refractivity contribution >= 4 is 5.97 Å². The molecule has 0 aliphatic rings. The lowest BCUT2D eigenvalue weighted by Crippen LogP contribution is -2.18. The minimum Gasteiger partial charge on any atom is -0.461 e. The van der Waals surface area contributed by atoms with Crippen molar-refractivity contribution in [1.29, 1.82) is 0 Å². The molecular weight excluding hydrogens is 297 g/mol. The van der Waals surface area contributed by atoms with E-state index in [-0.39, 0.29) is 11.7 Å². The molecule has 2 aromatic rings. The molecule has 1 aromatic carbocycles. The molecular formula is C15H15F3N2O2. The fourth-order valence-electron chi connectivity index (χ4n) is 2.00. The summed E-state index contributed by atoms with van der Waals surface area (Å²) in [6.07, 6.45) is -2.77. The number of hydrogen-bond acceptors (Lipinski definition) is 3. The summed E-state index contributed by atoms with van der Waals surface area (Å²) in [6, 6.07) is 9.20. The van der Waals surface area contributed by atoms with Gasteiger partial charge in [-0.3, -0.25) is 0 Å². The van der Waals surface area contributed by atoms with Crippen LogP contribution in [-0.2, 0) is 4.74 Å². The van der Waals surface area contributed by atoms with Crippen LogP contribution >= 0.6 is 0 Å². The maximum Gasteiger partial charge on any atom is 0.392 e. The first kappa shape index (κ1) is 16.1. The normalized spacial score (nSPS) is 12.9. The summed E-state index contributed by atoms with van der Waals surface area (Å²) in [6.45, 7) is 1.16. The third-order valence-electron chi connectivity index (χ3n) is 3.19. The number of esters is 1. The lowest BCUT2D eigenvalue weighted by atomic mass is 10.1. The minimum absolute atomic E-state index is 0.124. The van der Waals surface area contributed by atoms with Crippen LogP contribution in [0.1, 0.15) is 35.4 Å². The van der Waals surface area contributed by atoms with Crippen molar-refractivity contribution < 1.29 is 22.7 Å². The average Bonchev–Trinajstić information content (AvgIpc) is 2.95. The van der Waals surface area contributed by atoms with Crippen LogP contribution in [-0.4, -0.2) is 28.3 Å². The Balaban J connectivity index is 2.07. The van der Waals surface area contributed by atoms with Crippen molar-refractivity contribution in [2.75, 3.05) is 6.61 Å². The van der Waals surface area contributed by atoms with Gasteiger partial charge in [0.15, 0.2) is 0 Å². The standard InChI is InChI=1S/C15H15F3N2O2/c1-11(12-5-3-2-4-6-12)20-10-19-9-13(20)14(21)22-8-7-15(16,17)18/h2-6,9-11H,7-8H2,1H3/t11-/m1/s1. The summed E-state index contributed by atoms with van der Waals surface area (Å²) >= 11 is 0. The molecule has 0 unspecified atom stereocenters. The van der Waals surface area contributed by atoms with Gasteiger partial charge in [0.1, 0.15) is 12.3 Å². The van der Waals surface area contributed by atoms with E-state index in [9.17, 15) is 18.0 Å². The molecule has 0 radical (unpaired) electrons. The molecule has 118 valence electrons. The van der Waals surface area contributed by atoms with E-state index in [2.05, 4.69) is 9.72 Å². The second-order valence-electron chi connectivity index (χ2n) is 4.77. The van der Waals surface area contributed by atoms with Crippen LogP contribution in [0.5, 0.6) is 0 Å². The Morgan fingerprint density at radius 2 is 2.00 bits per heavy atom. The number of halogens is 3. The molecule has 0 bridgehead atoms. The maximum absolute atomic E-state index is 12.1. The lowest BCUT2D eigenvalue weighted by Gasteiger charge is -2.16. The van der Waals surface area contributed by atoms with E-state index in [1.165, 1.54) is 12.5 Å². The SMILES string of the molecule is C[C@H](c1ccccc1)n1cncc1C(=O)OCCC(F)(F)F. The largest absolute Gasteiger partial charge is 0.461 e. The molecule has 22 heavy (non-hydrogen) atoms. The Labute approximate surface area is 125 Å². The van der Waals surface area contributed by atoms with Gasteiger partial charge in [-0.25, -0.2) is 9.78 Å². The van der Waals surface area contributed by atoms with Crippen molar-refractivity contribution in [1.82, 2.24) is 9.55 Å². The highest BCUT2D eigenvalue weighted by Gasteiger charge is 2.28. The zero-order valence-electron chi connectivity index (χ0n) is 11.9. The quantitative estimate of drug-likeness (QED) is 0.792. The van der Waals surface area contributed by atoms with Crippen LogP contribution in [0.4, 0.5) is 13.2 Å². The molecule has 0 aliphatic carbocycles. The van der Waals surface area contributed by atoms with E-state index in [1.807, 2.05) is 37.3 Å². The average molecular weight is 312 g/mol. The van der Waals surface area contributed by atoms with Crippen LogP contribution in [0.2, 0.25) is 0 Å². The number of carbonyl (C=O) groups is 1. The van der Waals surface area contributed by atoms with Gasteiger partial charge in [0.25, 0.3) is 0 Å². The number of alkyl halides is 3. The summed E-state index contributed by atoms with van der Waals surface area (Å²) in [7, 11) is 0. The zero-order chi connectivity index (χ0) is 16.2. The van der Waals surface area contributed by atoms with Crippen molar-refractivity contribution in [2.24, 2.45) is 0 Å². The Bertz CT molecular complexity index is 623. The molecule has 1 aromatic heterocycles. The van der Waals surface area contributed by atoms with Gasteiger partial charge in [0.2, 0.25) is 0 Å². The second-order valence-corrected chi connectivity index (χ2v) is 4.77. The summed E-state index contributed by atoms with van der Waals surface area (Å²) in [5, 5.41) is 0. The maximum atomic E-state index is 12.1. The van der Waals surface area contributed by atoms with Crippen molar-refractivity contribution in [2.45, 2.75) is 25.6 Å². The topological polar surface area (TPSA) is 44.1 Å². The van der Waals surface area contributed by atoms with Crippen molar-refractivity contribution in [3.05, 3.63) is 54.1 Å². The van der Waals surface area contributed by atoms with Crippen LogP contribution in [0, 0.1) is 0 Å². The molecule has 0 amide bonds. The Morgan fingerprint density at radius 1 is 1.32 bits per heavy atom. The molecule has 0 N–H and O–H groups in total. The molecule has 0 saturated heterocycles. The van der Waals surface area contributed by atoms with E-state index >= 15 is 0 Å². The number of aromatic nitrogens is 2. The van der Waals surface area contributed by atoms with Gasteiger partial charge in [-0.05, 0) is 12.5 Å². The highest BCUT2D eigenvalue weighted by Crippen LogP contribution is 2.21. The van der Waals surface area contributed by atoms with Crippen LogP contribution in [0.15, 0.2) is 42.9 Å². The predicted octanol–water partition coefficient (Wildman–Crippen LogP) is 3.60. The van der Waals surface area contributed by atoms with E-state index < -0.39 is 25.2 Å². The first-order valence-electron chi connectivity index (χ1n) is 6.69. The number of hydrogen-bond donors (Lipinski definition) is 0. The molecule has 2 rings (SSSR count). The van der Waals surface area contributed by atoms with Crippen LogP contribution in [0.25, 0.3) is 0 Å². The first-order valence-corrected chi connectivity index (χ1v) is 6.69. The highest BCUT2D eigenvalue weighted by atomic mass is 19.4. The molecule has 0 aliphatic heterocycles. The molecule has 4 nitrogen and oxygen atoms in total. The Kier molecular flexibility index (Phi) is 4.85. The van der Waals surface area contributed by atoms with Gasteiger partial charge in [-0.1, -0.05) is 30.3 Å². The van der Waals surface area contributed by atoms with E-state index in [1.54, 1.807) is 4.57 Å². The molecule has 0 fully saturated rings. The monoisotopic (exact) mass is 312 g/mol. The molecule has 1 atom stereocenters. The van der Waals surface area contributed by atoms with E-state index in [0.717, 1.165) is 5.56 Å². The fraction of sp³-hybridized carbons (Fsp3) is 0.333. The molecule has 0 saturated carbocycles. The number of imidazole rings is 1. The van der Waals surface area contributed by atoms with Gasteiger partial charge in [0.05, 0.1) is 25.0 Å². The Morgan fingerprint density at radius 3 is 2.64 bits per heavy atom. The number of ether oxygens (including phenoxy) is 1. The third kappa shape index (κ3) is 4.09. The fourth-order valence-corrected chi connectivity index (χ4v) is 2.00. The molecule has 7 heteroatoms. The summed E-state index contributed by atoms with van der Waals surface area (Å²) in [5.41, 5.74) is 1.07. The van der Waals surface area contributed by atoms with Gasteiger partial charge in [-0.2, -0.15) is 13.2 Å². The van der Waals surface area contributed by atoms with Gasteiger partial charge < -0.3 is 9.30 Å². The number of carbonyl (C=O) groups excluding carboxylic acids is 1. The van der Waals surface area contributed by atoms with Crippen molar-refractivity contribution in [3.63, 3.8) is 0 Å². The highest BCUT2D eigenvalue weighted by molar-refractivity contribution is 5.87. The van der Waals surface area contributed by atoms with Gasteiger partial charge in [-0.15, -0.1) is 0 Å². The predicted molar refractivity (Wildman–Crippen MR) is 73.4 cm³/mol. The summed E-state index contributed by atoms with van der Waals surface area (Å²) < 4.78 is 42.4.